The lowest BCUT2D eigenvalue weighted by atomic mass is 10.2. The molecule has 0 fully saturated rings. The number of amides is 2. The minimum absolute atomic E-state index is 0.0952. The van der Waals surface area contributed by atoms with E-state index in [1.54, 1.807) is 48.5 Å². The predicted molar refractivity (Wildman–Crippen MR) is 129 cm³/mol. The molecule has 0 atom stereocenters. The molecule has 34 heavy (non-hydrogen) atoms. The molecule has 2 aromatic carbocycles. The molecule has 2 rings (SSSR count). The van der Waals surface area contributed by atoms with Crippen LogP contribution < -0.4 is 10.6 Å². The van der Waals surface area contributed by atoms with E-state index in [0.717, 1.165) is 0 Å². The van der Waals surface area contributed by atoms with Crippen molar-refractivity contribution in [2.24, 2.45) is 0 Å². The van der Waals surface area contributed by atoms with E-state index in [1.807, 2.05) is 0 Å². The summed E-state index contributed by atoms with van der Waals surface area (Å²) in [6.45, 7) is -0.764. The van der Waals surface area contributed by atoms with Crippen molar-refractivity contribution in [2.45, 2.75) is 0 Å². The van der Waals surface area contributed by atoms with Crippen LogP contribution in [0, 0.1) is 0 Å². The fourth-order valence-corrected chi connectivity index (χ4v) is 2.81. The van der Waals surface area contributed by atoms with E-state index in [2.05, 4.69) is 10.6 Å². The van der Waals surface area contributed by atoms with Crippen molar-refractivity contribution in [2.75, 3.05) is 26.3 Å². The second-order valence-corrected chi connectivity index (χ2v) is 7.44. The summed E-state index contributed by atoms with van der Waals surface area (Å²) < 4.78 is 9.66. The van der Waals surface area contributed by atoms with Gasteiger partial charge >= 0.3 is 11.9 Å². The molecule has 10 heteroatoms. The van der Waals surface area contributed by atoms with E-state index in [1.165, 1.54) is 24.3 Å². The van der Waals surface area contributed by atoms with Crippen molar-refractivity contribution in [1.82, 2.24) is 10.6 Å². The van der Waals surface area contributed by atoms with Gasteiger partial charge in [-0.25, -0.2) is 9.59 Å². The summed E-state index contributed by atoms with van der Waals surface area (Å²) in [7, 11) is 0. The van der Waals surface area contributed by atoms with Crippen LogP contribution in [0.25, 0.3) is 12.2 Å². The Bertz CT molecular complexity index is 999. The maximum absolute atomic E-state index is 11.7. The molecule has 0 aliphatic carbocycles. The molecule has 0 aliphatic heterocycles. The Morgan fingerprint density at radius 3 is 1.44 bits per heavy atom. The molecule has 2 aromatic rings. The zero-order valence-electron chi connectivity index (χ0n) is 18.0. The first-order valence-electron chi connectivity index (χ1n) is 10.1. The quantitative estimate of drug-likeness (QED) is 0.276. The number of carbonyl (C=O) groups excluding carboxylic acids is 4. The summed E-state index contributed by atoms with van der Waals surface area (Å²) in [6.07, 6.45) is 5.30. The average Bonchev–Trinajstić information content (AvgIpc) is 2.83. The van der Waals surface area contributed by atoms with Gasteiger partial charge in [0.15, 0.2) is 13.2 Å². The van der Waals surface area contributed by atoms with E-state index < -0.39 is 37.0 Å². The third-order valence-electron chi connectivity index (χ3n) is 4.07. The van der Waals surface area contributed by atoms with E-state index >= 15 is 0 Å². The van der Waals surface area contributed by atoms with Gasteiger partial charge in [0.05, 0.1) is 0 Å². The number of hydrogen-bond donors (Lipinski definition) is 2. The number of halogens is 2. The number of nitrogens with one attached hydrogen (secondary N) is 2. The Labute approximate surface area is 206 Å². The zero-order chi connectivity index (χ0) is 24.8. The molecule has 178 valence electrons. The lowest BCUT2D eigenvalue weighted by molar-refractivity contribution is -0.144. The second kappa shape index (κ2) is 14.5. The van der Waals surface area contributed by atoms with Gasteiger partial charge in [-0.2, -0.15) is 0 Å². The van der Waals surface area contributed by atoms with Crippen LogP contribution in [0.1, 0.15) is 11.1 Å². The molecule has 0 saturated carbocycles. The van der Waals surface area contributed by atoms with E-state index in [-0.39, 0.29) is 13.1 Å². The Balaban J connectivity index is 1.56. The van der Waals surface area contributed by atoms with Crippen LogP contribution in [0.4, 0.5) is 0 Å². The van der Waals surface area contributed by atoms with Crippen LogP contribution in [0.3, 0.4) is 0 Å². The summed E-state index contributed by atoms with van der Waals surface area (Å²) in [4.78, 5) is 46.8. The van der Waals surface area contributed by atoms with Crippen molar-refractivity contribution in [1.29, 1.82) is 0 Å². The van der Waals surface area contributed by atoms with Crippen molar-refractivity contribution < 1.29 is 28.7 Å². The van der Waals surface area contributed by atoms with Gasteiger partial charge in [-0.1, -0.05) is 59.6 Å². The SMILES string of the molecule is O=C(COC(=O)/C=C/c1ccccc1Cl)NCCNC(=O)COC(=O)/C=C/c1ccccc1Cl. The van der Waals surface area contributed by atoms with Gasteiger partial charge in [0.25, 0.3) is 11.8 Å². The standard InChI is InChI=1S/C24H22Cl2N2O6/c25-19-7-3-1-5-17(19)9-11-23(31)33-15-21(29)27-13-14-28-22(30)16-34-24(32)12-10-18-6-2-4-8-20(18)26/h1-12H,13-16H2,(H,27,29)(H,28,30)/b11-9+,12-10+. The summed E-state index contributed by atoms with van der Waals surface area (Å²) in [5, 5.41) is 5.92. The Kier molecular flexibility index (Phi) is 11.4. The zero-order valence-corrected chi connectivity index (χ0v) is 19.5. The molecule has 0 radical (unpaired) electrons. The molecule has 2 N–H and O–H groups in total. The highest BCUT2D eigenvalue weighted by Crippen LogP contribution is 2.17. The third kappa shape index (κ3) is 10.3. The topological polar surface area (TPSA) is 111 Å². The first-order chi connectivity index (χ1) is 16.3. The highest BCUT2D eigenvalue weighted by atomic mass is 35.5. The van der Waals surface area contributed by atoms with Gasteiger partial charge in [0, 0.05) is 35.3 Å². The van der Waals surface area contributed by atoms with Crippen molar-refractivity contribution in [3.05, 3.63) is 81.9 Å². The highest BCUT2D eigenvalue weighted by Gasteiger charge is 2.07. The number of rotatable bonds is 11. The Morgan fingerprint density at radius 2 is 1.06 bits per heavy atom. The second-order valence-electron chi connectivity index (χ2n) is 6.63. The van der Waals surface area contributed by atoms with Crippen LogP contribution >= 0.6 is 23.2 Å². The molecule has 0 saturated heterocycles. The normalized spacial score (nSPS) is 10.8. The third-order valence-corrected chi connectivity index (χ3v) is 4.76. The largest absolute Gasteiger partial charge is 0.452 e. The number of benzene rings is 2. The Hall–Kier alpha value is -3.62. The monoisotopic (exact) mass is 504 g/mol. The first-order valence-corrected chi connectivity index (χ1v) is 10.8. The lowest BCUT2D eigenvalue weighted by Crippen LogP contribution is -2.38. The Morgan fingerprint density at radius 1 is 0.676 bits per heavy atom. The summed E-state index contributed by atoms with van der Waals surface area (Å²) in [6, 6.07) is 13.9. The van der Waals surface area contributed by atoms with Crippen molar-refractivity contribution in [3.8, 4) is 0 Å². The van der Waals surface area contributed by atoms with Crippen LogP contribution in [0.5, 0.6) is 0 Å². The fraction of sp³-hybridized carbons (Fsp3) is 0.167. The minimum Gasteiger partial charge on any atom is -0.452 e. The van der Waals surface area contributed by atoms with Gasteiger partial charge in [-0.15, -0.1) is 0 Å². The first kappa shape index (κ1) is 26.6. The molecule has 0 aliphatic rings. The van der Waals surface area contributed by atoms with E-state index in [0.29, 0.717) is 21.2 Å². The minimum atomic E-state index is -0.700. The number of hydrogen-bond acceptors (Lipinski definition) is 6. The molecule has 0 unspecified atom stereocenters. The number of ether oxygens (including phenoxy) is 2. The average molecular weight is 505 g/mol. The highest BCUT2D eigenvalue weighted by molar-refractivity contribution is 6.32. The van der Waals surface area contributed by atoms with Gasteiger partial charge in [-0.3, -0.25) is 9.59 Å². The summed E-state index contributed by atoms with van der Waals surface area (Å²) in [5.41, 5.74) is 1.28. The van der Waals surface area contributed by atoms with Crippen molar-refractivity contribution in [3.63, 3.8) is 0 Å². The van der Waals surface area contributed by atoms with Crippen molar-refractivity contribution >= 4 is 59.1 Å². The van der Waals surface area contributed by atoms with Gasteiger partial charge < -0.3 is 20.1 Å². The maximum atomic E-state index is 11.7. The van der Waals surface area contributed by atoms with Gasteiger partial charge in [0.1, 0.15) is 0 Å². The molecular formula is C24H22Cl2N2O6. The number of esters is 2. The van der Waals surface area contributed by atoms with Gasteiger partial charge in [0.2, 0.25) is 0 Å². The molecular weight excluding hydrogens is 483 g/mol. The van der Waals surface area contributed by atoms with E-state index in [4.69, 9.17) is 32.7 Å². The lowest BCUT2D eigenvalue weighted by Gasteiger charge is -2.07. The molecule has 0 spiro atoms. The molecule has 0 heterocycles. The van der Waals surface area contributed by atoms with Crippen LogP contribution in [0.2, 0.25) is 10.0 Å². The van der Waals surface area contributed by atoms with E-state index in [9.17, 15) is 19.2 Å². The van der Waals surface area contributed by atoms with Crippen LogP contribution in [-0.4, -0.2) is 50.1 Å². The predicted octanol–water partition coefficient (Wildman–Crippen LogP) is 3.04. The summed E-state index contributed by atoms with van der Waals surface area (Å²) >= 11 is 12.0. The smallest absolute Gasteiger partial charge is 0.331 e. The number of carbonyl (C=O) groups is 4. The van der Waals surface area contributed by atoms with Crippen LogP contribution in [-0.2, 0) is 28.7 Å². The molecule has 0 bridgehead atoms. The molecule has 2 amide bonds. The molecule has 0 aromatic heterocycles. The maximum Gasteiger partial charge on any atom is 0.331 e. The van der Waals surface area contributed by atoms with Gasteiger partial charge in [-0.05, 0) is 35.4 Å². The summed E-state index contributed by atoms with van der Waals surface area (Å²) in [5.74, 6) is -2.47. The fourth-order valence-electron chi connectivity index (χ4n) is 2.41. The molecule has 8 nitrogen and oxygen atoms in total. The van der Waals surface area contributed by atoms with Crippen LogP contribution in [0.15, 0.2) is 60.7 Å².